The van der Waals surface area contributed by atoms with Crippen molar-refractivity contribution < 1.29 is 19.1 Å². The lowest BCUT2D eigenvalue weighted by molar-refractivity contribution is -0.125. The van der Waals surface area contributed by atoms with Gasteiger partial charge in [0.15, 0.2) is 6.61 Å². The summed E-state index contributed by atoms with van der Waals surface area (Å²) in [7, 11) is 0. The number of aromatic nitrogens is 4. The summed E-state index contributed by atoms with van der Waals surface area (Å²) in [5, 5.41) is 15.7. The van der Waals surface area contributed by atoms with E-state index in [4.69, 9.17) is 9.47 Å². The molecule has 0 spiro atoms. The highest BCUT2D eigenvalue weighted by Crippen LogP contribution is 2.33. The van der Waals surface area contributed by atoms with Crippen molar-refractivity contribution in [3.05, 3.63) is 22.7 Å². The van der Waals surface area contributed by atoms with Gasteiger partial charge in [0.1, 0.15) is 11.2 Å². The summed E-state index contributed by atoms with van der Waals surface area (Å²) < 4.78 is 12.1. The second kappa shape index (κ2) is 9.63. The maximum atomic E-state index is 12.4. The van der Waals surface area contributed by atoms with Gasteiger partial charge in [-0.05, 0) is 34.7 Å². The van der Waals surface area contributed by atoms with E-state index in [0.29, 0.717) is 17.1 Å². The van der Waals surface area contributed by atoms with E-state index in [1.807, 2.05) is 0 Å². The van der Waals surface area contributed by atoms with E-state index in [9.17, 15) is 9.59 Å². The number of amides is 1. The topological polar surface area (TPSA) is 111 Å². The number of thiophene rings is 1. The highest BCUT2D eigenvalue weighted by Gasteiger charge is 2.38. The molecule has 2 aromatic heterocycles. The molecule has 4 rings (SSSR count). The van der Waals surface area contributed by atoms with Crippen LogP contribution < -0.4 is 5.32 Å². The van der Waals surface area contributed by atoms with Crippen molar-refractivity contribution in [1.29, 1.82) is 0 Å². The minimum Gasteiger partial charge on any atom is -0.451 e. The summed E-state index contributed by atoms with van der Waals surface area (Å²) in [5.74, 6) is -0.853. The minimum absolute atomic E-state index is 0.0251. The molecule has 0 aromatic carbocycles. The van der Waals surface area contributed by atoms with Crippen molar-refractivity contribution in [2.24, 2.45) is 0 Å². The third-order valence-electron chi connectivity index (χ3n) is 5.84. The van der Waals surface area contributed by atoms with Crippen LogP contribution in [0.15, 0.2) is 17.8 Å². The lowest BCUT2D eigenvalue weighted by Crippen LogP contribution is -2.59. The predicted octanol–water partition coefficient (Wildman–Crippen LogP) is 1.03. The number of ether oxygens (including phenoxy) is 2. The summed E-state index contributed by atoms with van der Waals surface area (Å²) in [6.07, 6.45) is 7.11. The summed E-state index contributed by atoms with van der Waals surface area (Å²) >= 11 is 1.22. The molecule has 3 heterocycles. The monoisotopic (exact) mass is 434 g/mol. The van der Waals surface area contributed by atoms with Gasteiger partial charge in [-0.1, -0.05) is 19.3 Å². The fraction of sp³-hybridized carbons (Fsp3) is 0.632. The number of nitrogens with zero attached hydrogens (tertiary/aromatic N) is 5. The molecule has 2 aromatic rings. The van der Waals surface area contributed by atoms with Crippen LogP contribution in [-0.4, -0.2) is 82.0 Å². The molecule has 1 aliphatic carbocycles. The number of carbonyl (C=O) groups is 2. The first-order valence-electron chi connectivity index (χ1n) is 10.3. The van der Waals surface area contributed by atoms with Crippen LogP contribution in [0.1, 0.15) is 41.8 Å². The Labute approximate surface area is 178 Å². The first-order chi connectivity index (χ1) is 14.7. The van der Waals surface area contributed by atoms with Crippen LogP contribution in [0.5, 0.6) is 0 Å². The number of hydrogen-bond acceptors (Lipinski definition) is 9. The highest BCUT2D eigenvalue weighted by molar-refractivity contribution is 7.12. The minimum atomic E-state index is -0.564. The smallest absolute Gasteiger partial charge is 0.351 e. The third-order valence-corrected chi connectivity index (χ3v) is 6.72. The Kier molecular flexibility index (Phi) is 6.70. The normalized spacial score (nSPS) is 19.3. The Morgan fingerprint density at radius 3 is 2.77 bits per heavy atom. The van der Waals surface area contributed by atoms with E-state index in [-0.39, 0.29) is 18.1 Å². The molecular weight excluding hydrogens is 408 g/mol. The zero-order valence-electron chi connectivity index (χ0n) is 16.8. The van der Waals surface area contributed by atoms with Crippen LogP contribution in [0, 0.1) is 0 Å². The van der Waals surface area contributed by atoms with Gasteiger partial charge in [0.05, 0.1) is 18.9 Å². The number of rotatable bonds is 7. The van der Waals surface area contributed by atoms with Gasteiger partial charge in [-0.25, -0.2) is 4.79 Å². The molecule has 1 aliphatic heterocycles. The van der Waals surface area contributed by atoms with E-state index in [0.717, 1.165) is 39.1 Å². The van der Waals surface area contributed by atoms with Crippen LogP contribution in [0.4, 0.5) is 0 Å². The third kappa shape index (κ3) is 4.68. The van der Waals surface area contributed by atoms with Gasteiger partial charge in [-0.15, -0.1) is 16.4 Å². The molecule has 1 N–H and O–H groups in total. The van der Waals surface area contributed by atoms with Crippen LogP contribution in [0.2, 0.25) is 0 Å². The summed E-state index contributed by atoms with van der Waals surface area (Å²) in [4.78, 5) is 27.7. The van der Waals surface area contributed by atoms with Crippen molar-refractivity contribution >= 4 is 23.2 Å². The molecule has 1 amide bonds. The zero-order valence-corrected chi connectivity index (χ0v) is 17.6. The van der Waals surface area contributed by atoms with Gasteiger partial charge < -0.3 is 14.8 Å². The van der Waals surface area contributed by atoms with Crippen LogP contribution >= 0.6 is 11.3 Å². The number of carbonyl (C=O) groups excluding carboxylic acids is 2. The molecule has 10 nitrogen and oxygen atoms in total. The van der Waals surface area contributed by atoms with Gasteiger partial charge in [0, 0.05) is 25.2 Å². The Bertz CT molecular complexity index is 843. The van der Waals surface area contributed by atoms with Gasteiger partial charge in [0.25, 0.3) is 5.91 Å². The first-order valence-corrected chi connectivity index (χ1v) is 11.1. The fourth-order valence-electron chi connectivity index (χ4n) is 4.27. The van der Waals surface area contributed by atoms with Gasteiger partial charge >= 0.3 is 5.97 Å². The molecule has 2 aliphatic rings. The molecule has 1 saturated heterocycles. The molecule has 0 atom stereocenters. The molecule has 30 heavy (non-hydrogen) atoms. The zero-order chi connectivity index (χ0) is 20.8. The molecule has 162 valence electrons. The number of hydrogen-bond donors (Lipinski definition) is 1. The summed E-state index contributed by atoms with van der Waals surface area (Å²) in [5.41, 5.74) is 0.506. The number of tetrazole rings is 1. The molecule has 0 radical (unpaired) electrons. The van der Waals surface area contributed by atoms with Crippen molar-refractivity contribution in [2.45, 2.75) is 37.6 Å². The fourth-order valence-corrected chi connectivity index (χ4v) is 5.04. The van der Waals surface area contributed by atoms with E-state index >= 15 is 0 Å². The number of nitrogens with one attached hydrogen (secondary N) is 1. The molecular formula is C19H26N6O4S. The molecule has 11 heteroatoms. The SMILES string of the molecule is O=C(COC(=O)c1sccc1-n1cnnn1)NCC1(N2CCOCC2)CCCCC1. The van der Waals surface area contributed by atoms with E-state index < -0.39 is 5.97 Å². The number of morpholine rings is 1. The van der Waals surface area contributed by atoms with E-state index in [1.54, 1.807) is 11.4 Å². The standard InChI is InChI=1S/C19H26N6O4S/c26-16(12-29-18(27)17-15(4-11-30-17)25-14-21-22-23-25)20-13-19(5-2-1-3-6-19)24-7-9-28-10-8-24/h4,11,14H,1-3,5-10,12-13H2,(H,20,26). The quantitative estimate of drug-likeness (QED) is 0.643. The Morgan fingerprint density at radius 2 is 2.03 bits per heavy atom. The van der Waals surface area contributed by atoms with Crippen LogP contribution in [0.3, 0.4) is 0 Å². The van der Waals surface area contributed by atoms with Gasteiger partial charge in [-0.2, -0.15) is 4.68 Å². The van der Waals surface area contributed by atoms with Crippen LogP contribution in [-0.2, 0) is 14.3 Å². The molecule has 2 fully saturated rings. The largest absolute Gasteiger partial charge is 0.451 e. The molecule has 1 saturated carbocycles. The van der Waals surface area contributed by atoms with Crippen molar-refractivity contribution in [2.75, 3.05) is 39.5 Å². The molecule has 0 bridgehead atoms. The lowest BCUT2D eigenvalue weighted by Gasteiger charge is -2.48. The van der Waals surface area contributed by atoms with Gasteiger partial charge in [0.2, 0.25) is 0 Å². The van der Waals surface area contributed by atoms with E-state index in [1.165, 1.54) is 41.6 Å². The average Bonchev–Trinajstić information content (AvgIpc) is 3.49. The predicted molar refractivity (Wildman–Crippen MR) is 109 cm³/mol. The number of esters is 1. The average molecular weight is 435 g/mol. The highest BCUT2D eigenvalue weighted by atomic mass is 32.1. The summed E-state index contributed by atoms with van der Waals surface area (Å²) in [6.45, 7) is 3.50. The van der Waals surface area contributed by atoms with Crippen molar-refractivity contribution in [3.63, 3.8) is 0 Å². The van der Waals surface area contributed by atoms with Crippen LogP contribution in [0.25, 0.3) is 5.69 Å². The van der Waals surface area contributed by atoms with E-state index in [2.05, 4.69) is 25.7 Å². The van der Waals surface area contributed by atoms with Gasteiger partial charge in [-0.3, -0.25) is 9.69 Å². The second-order valence-corrected chi connectivity index (χ2v) is 8.54. The Balaban J connectivity index is 1.31. The second-order valence-electron chi connectivity index (χ2n) is 7.63. The maximum Gasteiger partial charge on any atom is 0.351 e. The summed E-state index contributed by atoms with van der Waals surface area (Å²) in [6, 6.07) is 1.73. The maximum absolute atomic E-state index is 12.4. The molecule has 0 unspecified atom stereocenters. The van der Waals surface area contributed by atoms with Crippen molar-refractivity contribution in [3.8, 4) is 5.69 Å². The Morgan fingerprint density at radius 1 is 1.23 bits per heavy atom. The first kappa shape index (κ1) is 20.9. The lowest BCUT2D eigenvalue weighted by atomic mass is 9.79. The van der Waals surface area contributed by atoms with Crippen molar-refractivity contribution in [1.82, 2.24) is 30.4 Å². The Hall–Kier alpha value is -2.37.